The average molecular weight is 349 g/mol. The Balaban J connectivity index is 1.61. The molecule has 2 rings (SSSR count). The van der Waals surface area contributed by atoms with E-state index in [-0.39, 0.29) is 5.91 Å². The Bertz CT molecular complexity index is 492. The Kier molecular flexibility index (Phi) is 8.61. The third-order valence-electron chi connectivity index (χ3n) is 4.69. The zero-order valence-electron chi connectivity index (χ0n) is 15.4. The van der Waals surface area contributed by atoms with Gasteiger partial charge in [-0.25, -0.2) is 4.79 Å². The van der Waals surface area contributed by atoms with Gasteiger partial charge in [0.1, 0.15) is 0 Å². The maximum absolute atomic E-state index is 12.2. The minimum Gasteiger partial charge on any atom is -0.436 e. The zero-order chi connectivity index (χ0) is 17.9. The molecule has 0 aromatic rings. The molecule has 6 heteroatoms. The lowest BCUT2D eigenvalue weighted by Gasteiger charge is -2.14. The Morgan fingerprint density at radius 2 is 1.92 bits per heavy atom. The predicted molar refractivity (Wildman–Crippen MR) is 97.1 cm³/mol. The van der Waals surface area contributed by atoms with Gasteiger partial charge in [0.15, 0.2) is 6.10 Å². The van der Waals surface area contributed by atoms with Crippen molar-refractivity contribution in [2.45, 2.75) is 58.0 Å². The first-order valence-electron chi connectivity index (χ1n) is 9.62. The fourth-order valence-electron chi connectivity index (χ4n) is 3.15. The van der Waals surface area contributed by atoms with Gasteiger partial charge in [-0.3, -0.25) is 9.69 Å². The van der Waals surface area contributed by atoms with E-state index in [4.69, 9.17) is 4.74 Å². The molecule has 6 nitrogen and oxygen atoms in total. The van der Waals surface area contributed by atoms with Gasteiger partial charge in [0.05, 0.1) is 13.1 Å². The molecule has 1 atom stereocenters. The number of hydrogen-bond acceptors (Lipinski definition) is 4. The smallest absolute Gasteiger partial charge is 0.407 e. The summed E-state index contributed by atoms with van der Waals surface area (Å²) >= 11 is 0. The first-order chi connectivity index (χ1) is 12.2. The molecule has 0 spiro atoms. The fraction of sp³-hybridized carbons (Fsp3) is 0.789. The SMILES string of the molecule is CCCCCCNC(=O)O[C@@H]1CCN(CC#CCN2CCCC2)C1=O. The summed E-state index contributed by atoms with van der Waals surface area (Å²) in [4.78, 5) is 28.0. The molecule has 0 aliphatic carbocycles. The molecule has 2 heterocycles. The maximum atomic E-state index is 12.2. The lowest BCUT2D eigenvalue weighted by molar-refractivity contribution is -0.134. The van der Waals surface area contributed by atoms with Crippen LogP contribution in [-0.2, 0) is 9.53 Å². The van der Waals surface area contributed by atoms with E-state index in [9.17, 15) is 9.59 Å². The second-order valence-corrected chi connectivity index (χ2v) is 6.77. The third-order valence-corrected chi connectivity index (χ3v) is 4.69. The minimum atomic E-state index is -0.656. The van der Waals surface area contributed by atoms with E-state index in [1.807, 2.05) is 0 Å². The Morgan fingerprint density at radius 1 is 1.16 bits per heavy atom. The third kappa shape index (κ3) is 6.95. The molecular formula is C19H31N3O3. The van der Waals surface area contributed by atoms with Crippen LogP contribution in [0.3, 0.4) is 0 Å². The molecule has 0 bridgehead atoms. The van der Waals surface area contributed by atoms with Gasteiger partial charge in [0, 0.05) is 19.5 Å². The van der Waals surface area contributed by atoms with E-state index >= 15 is 0 Å². The Morgan fingerprint density at radius 3 is 2.68 bits per heavy atom. The fourth-order valence-corrected chi connectivity index (χ4v) is 3.15. The maximum Gasteiger partial charge on any atom is 0.407 e. The highest BCUT2D eigenvalue weighted by Gasteiger charge is 2.34. The number of nitrogens with zero attached hydrogens (tertiary/aromatic N) is 2. The number of carbonyl (C=O) groups excluding carboxylic acids is 2. The summed E-state index contributed by atoms with van der Waals surface area (Å²) in [5, 5.41) is 2.72. The largest absolute Gasteiger partial charge is 0.436 e. The van der Waals surface area contributed by atoms with E-state index in [0.29, 0.717) is 26.1 Å². The van der Waals surface area contributed by atoms with E-state index in [1.54, 1.807) is 4.90 Å². The Hall–Kier alpha value is -1.74. The molecule has 25 heavy (non-hydrogen) atoms. The molecule has 2 saturated heterocycles. The monoisotopic (exact) mass is 349 g/mol. The van der Waals surface area contributed by atoms with Gasteiger partial charge >= 0.3 is 6.09 Å². The van der Waals surface area contributed by atoms with Gasteiger partial charge in [-0.1, -0.05) is 38.0 Å². The van der Waals surface area contributed by atoms with E-state index < -0.39 is 12.2 Å². The lowest BCUT2D eigenvalue weighted by Crippen LogP contribution is -2.35. The van der Waals surface area contributed by atoms with Gasteiger partial charge < -0.3 is 15.0 Å². The van der Waals surface area contributed by atoms with Crippen molar-refractivity contribution < 1.29 is 14.3 Å². The number of unbranched alkanes of at least 4 members (excludes halogenated alkanes) is 3. The van der Waals surface area contributed by atoms with Gasteiger partial charge in [0.2, 0.25) is 0 Å². The van der Waals surface area contributed by atoms with Gasteiger partial charge in [-0.15, -0.1) is 0 Å². The normalized spacial score (nSPS) is 20.4. The second-order valence-electron chi connectivity index (χ2n) is 6.77. The molecular weight excluding hydrogens is 318 g/mol. The number of ether oxygens (including phenoxy) is 1. The van der Waals surface area contributed by atoms with Crippen molar-refractivity contribution in [3.63, 3.8) is 0 Å². The van der Waals surface area contributed by atoms with Crippen LogP contribution >= 0.6 is 0 Å². The molecule has 140 valence electrons. The molecule has 2 aliphatic rings. The van der Waals surface area contributed by atoms with Crippen molar-refractivity contribution in [1.29, 1.82) is 0 Å². The van der Waals surface area contributed by atoms with Crippen LogP contribution in [0.15, 0.2) is 0 Å². The Labute approximate surface area is 151 Å². The summed E-state index contributed by atoms with van der Waals surface area (Å²) in [6, 6.07) is 0. The summed E-state index contributed by atoms with van der Waals surface area (Å²) < 4.78 is 5.25. The van der Waals surface area contributed by atoms with Crippen LogP contribution in [0.5, 0.6) is 0 Å². The van der Waals surface area contributed by atoms with Crippen LogP contribution in [0.2, 0.25) is 0 Å². The molecule has 0 aromatic heterocycles. The van der Waals surface area contributed by atoms with Crippen molar-refractivity contribution in [2.24, 2.45) is 0 Å². The molecule has 2 fully saturated rings. The molecule has 0 unspecified atom stereocenters. The van der Waals surface area contributed by atoms with Crippen molar-refractivity contribution in [1.82, 2.24) is 15.1 Å². The molecule has 0 radical (unpaired) electrons. The molecule has 0 saturated carbocycles. The topological polar surface area (TPSA) is 61.9 Å². The van der Waals surface area contributed by atoms with Gasteiger partial charge in [-0.2, -0.15) is 0 Å². The van der Waals surface area contributed by atoms with E-state index in [2.05, 4.69) is 29.0 Å². The molecule has 2 amide bonds. The van der Waals surface area contributed by atoms with Crippen LogP contribution in [0.1, 0.15) is 51.9 Å². The quantitative estimate of drug-likeness (QED) is 0.538. The van der Waals surface area contributed by atoms with Crippen molar-refractivity contribution in [3.05, 3.63) is 0 Å². The van der Waals surface area contributed by atoms with Gasteiger partial charge in [0.25, 0.3) is 5.91 Å². The first kappa shape index (κ1) is 19.6. The standard InChI is InChI=1S/C19H31N3O3/c1-2-3-4-5-11-20-19(24)25-17-10-16-22(18(17)23)15-9-8-14-21-12-6-7-13-21/h17H,2-7,10-16H2,1H3,(H,20,24)/t17-/m1/s1. The number of nitrogens with one attached hydrogen (secondary N) is 1. The first-order valence-corrected chi connectivity index (χ1v) is 9.62. The van der Waals surface area contributed by atoms with Crippen LogP contribution in [-0.4, -0.2) is 67.2 Å². The summed E-state index contributed by atoms with van der Waals surface area (Å²) in [6.07, 6.45) is 6.30. The molecule has 0 aromatic carbocycles. The average Bonchev–Trinajstić information content (AvgIpc) is 3.23. The number of rotatable bonds is 8. The highest BCUT2D eigenvalue weighted by molar-refractivity contribution is 5.85. The number of likely N-dealkylation sites (tertiary alicyclic amines) is 2. The van der Waals surface area contributed by atoms with E-state index in [1.165, 1.54) is 19.3 Å². The van der Waals surface area contributed by atoms with Crippen molar-refractivity contribution >= 4 is 12.0 Å². The number of alkyl carbamates (subject to hydrolysis) is 1. The number of amides is 2. The lowest BCUT2D eigenvalue weighted by atomic mass is 10.2. The number of carbonyl (C=O) groups is 2. The zero-order valence-corrected chi connectivity index (χ0v) is 15.4. The van der Waals surface area contributed by atoms with Crippen LogP contribution < -0.4 is 5.32 Å². The molecule has 1 N–H and O–H groups in total. The van der Waals surface area contributed by atoms with E-state index in [0.717, 1.165) is 38.9 Å². The summed E-state index contributed by atoms with van der Waals surface area (Å²) in [7, 11) is 0. The van der Waals surface area contributed by atoms with Crippen LogP contribution in [0.4, 0.5) is 4.79 Å². The van der Waals surface area contributed by atoms with Crippen molar-refractivity contribution in [2.75, 3.05) is 39.3 Å². The number of hydrogen-bond donors (Lipinski definition) is 1. The second kappa shape index (κ2) is 11.0. The summed E-state index contributed by atoms with van der Waals surface area (Å²) in [6.45, 7) is 6.81. The highest BCUT2D eigenvalue weighted by Crippen LogP contribution is 2.14. The predicted octanol–water partition coefficient (Wildman–Crippen LogP) is 1.99. The van der Waals surface area contributed by atoms with Crippen LogP contribution in [0, 0.1) is 11.8 Å². The summed E-state index contributed by atoms with van der Waals surface area (Å²) in [5.74, 6) is 6.08. The summed E-state index contributed by atoms with van der Waals surface area (Å²) in [5.41, 5.74) is 0. The van der Waals surface area contributed by atoms with Crippen molar-refractivity contribution in [3.8, 4) is 11.8 Å². The molecule has 2 aliphatic heterocycles. The van der Waals surface area contributed by atoms with Crippen LogP contribution in [0.25, 0.3) is 0 Å². The highest BCUT2D eigenvalue weighted by atomic mass is 16.6. The van der Waals surface area contributed by atoms with Gasteiger partial charge in [-0.05, 0) is 32.4 Å². The minimum absolute atomic E-state index is 0.128.